The Kier molecular flexibility index (Phi) is 3.27. The normalized spacial score (nSPS) is 12.8. The zero-order valence-corrected chi connectivity index (χ0v) is 9.73. The third-order valence-corrected chi connectivity index (χ3v) is 2.80. The van der Waals surface area contributed by atoms with E-state index in [0.717, 1.165) is 12.1 Å². The van der Waals surface area contributed by atoms with Gasteiger partial charge in [-0.1, -0.05) is 13.3 Å². The number of benzene rings is 1. The number of hydrogen-bond acceptors (Lipinski definition) is 2. The largest absolute Gasteiger partial charge is 0.480 e. The van der Waals surface area contributed by atoms with Gasteiger partial charge in [0.15, 0.2) is 11.6 Å². The summed E-state index contributed by atoms with van der Waals surface area (Å²) in [7, 11) is 0. The number of carboxylic acids is 1. The maximum absolute atomic E-state index is 13.2. The molecule has 0 saturated carbocycles. The number of fused-ring (bicyclic) bond motifs is 1. The fourth-order valence-electron chi connectivity index (χ4n) is 1.93. The van der Waals surface area contributed by atoms with Crippen molar-refractivity contribution >= 4 is 17.0 Å². The SMILES string of the molecule is CCCC(C(=O)O)n1cnc2cc(F)c(F)cc21. The molecule has 1 unspecified atom stereocenters. The third kappa shape index (κ3) is 2.05. The number of rotatable bonds is 4. The third-order valence-electron chi connectivity index (χ3n) is 2.80. The molecule has 0 fully saturated rings. The van der Waals surface area contributed by atoms with E-state index in [9.17, 15) is 13.6 Å². The van der Waals surface area contributed by atoms with Crippen molar-refractivity contribution in [3.8, 4) is 0 Å². The van der Waals surface area contributed by atoms with Gasteiger partial charge in [0, 0.05) is 12.1 Å². The molecule has 4 nitrogen and oxygen atoms in total. The summed E-state index contributed by atoms with van der Waals surface area (Å²) < 4.78 is 27.6. The van der Waals surface area contributed by atoms with Crippen LogP contribution in [0.2, 0.25) is 0 Å². The van der Waals surface area contributed by atoms with Crippen molar-refractivity contribution in [2.45, 2.75) is 25.8 Å². The molecule has 1 heterocycles. The number of hydrogen-bond donors (Lipinski definition) is 1. The molecule has 0 radical (unpaired) electrons. The lowest BCUT2D eigenvalue weighted by molar-refractivity contribution is -0.141. The van der Waals surface area contributed by atoms with Crippen LogP contribution in [0.15, 0.2) is 18.5 Å². The van der Waals surface area contributed by atoms with Crippen LogP contribution in [0.1, 0.15) is 25.8 Å². The van der Waals surface area contributed by atoms with Gasteiger partial charge in [-0.25, -0.2) is 18.6 Å². The molecule has 2 rings (SSSR count). The molecule has 0 bridgehead atoms. The van der Waals surface area contributed by atoms with E-state index in [1.54, 1.807) is 0 Å². The van der Waals surface area contributed by atoms with Crippen molar-refractivity contribution in [3.05, 3.63) is 30.1 Å². The number of carboxylic acid groups (broad SMARTS) is 1. The lowest BCUT2D eigenvalue weighted by Gasteiger charge is -2.13. The van der Waals surface area contributed by atoms with Gasteiger partial charge >= 0.3 is 5.97 Å². The highest BCUT2D eigenvalue weighted by Gasteiger charge is 2.21. The van der Waals surface area contributed by atoms with Crippen LogP contribution in [0.3, 0.4) is 0 Å². The van der Waals surface area contributed by atoms with Gasteiger partial charge in [0.05, 0.1) is 17.4 Å². The molecule has 2 aromatic rings. The van der Waals surface area contributed by atoms with Crippen LogP contribution >= 0.6 is 0 Å². The van der Waals surface area contributed by atoms with Crippen molar-refractivity contribution in [1.29, 1.82) is 0 Å². The Morgan fingerprint density at radius 1 is 1.44 bits per heavy atom. The number of aliphatic carboxylic acids is 1. The second kappa shape index (κ2) is 4.72. The van der Waals surface area contributed by atoms with E-state index >= 15 is 0 Å². The van der Waals surface area contributed by atoms with Crippen LogP contribution in [0.4, 0.5) is 8.78 Å². The smallest absolute Gasteiger partial charge is 0.326 e. The first-order valence-electron chi connectivity index (χ1n) is 5.59. The predicted octanol–water partition coefficient (Wildman–Crippen LogP) is 2.74. The van der Waals surface area contributed by atoms with Crippen LogP contribution in [-0.4, -0.2) is 20.6 Å². The Morgan fingerprint density at radius 3 is 2.72 bits per heavy atom. The molecule has 1 atom stereocenters. The summed E-state index contributed by atoms with van der Waals surface area (Å²) in [4.78, 5) is 15.1. The average molecular weight is 254 g/mol. The number of imidazole rings is 1. The zero-order chi connectivity index (χ0) is 13.3. The summed E-state index contributed by atoms with van der Waals surface area (Å²) in [5.74, 6) is -3.01. The van der Waals surface area contributed by atoms with Gasteiger partial charge in [-0.3, -0.25) is 0 Å². The fourth-order valence-corrected chi connectivity index (χ4v) is 1.93. The molecule has 6 heteroatoms. The fraction of sp³-hybridized carbons (Fsp3) is 0.333. The van der Waals surface area contributed by atoms with E-state index < -0.39 is 23.6 Å². The van der Waals surface area contributed by atoms with E-state index in [1.165, 1.54) is 10.9 Å². The topological polar surface area (TPSA) is 55.1 Å². The summed E-state index contributed by atoms with van der Waals surface area (Å²) >= 11 is 0. The first-order chi connectivity index (χ1) is 8.54. The lowest BCUT2D eigenvalue weighted by Crippen LogP contribution is -2.18. The van der Waals surface area contributed by atoms with Gasteiger partial charge < -0.3 is 9.67 Å². The van der Waals surface area contributed by atoms with Crippen molar-refractivity contribution in [3.63, 3.8) is 0 Å². The Labute approximate surface area is 102 Å². The monoisotopic (exact) mass is 254 g/mol. The molecule has 0 spiro atoms. The molecule has 1 N–H and O–H groups in total. The Hall–Kier alpha value is -1.98. The highest BCUT2D eigenvalue weighted by molar-refractivity contribution is 5.79. The molecule has 0 aliphatic heterocycles. The summed E-state index contributed by atoms with van der Waals surface area (Å²) in [6.07, 6.45) is 2.37. The average Bonchev–Trinajstić information content (AvgIpc) is 2.69. The highest BCUT2D eigenvalue weighted by atomic mass is 19.2. The second-order valence-electron chi connectivity index (χ2n) is 4.05. The quantitative estimate of drug-likeness (QED) is 0.912. The summed E-state index contributed by atoms with van der Waals surface area (Å²) in [5.41, 5.74) is 0.533. The minimum absolute atomic E-state index is 0.247. The molecule has 0 saturated heterocycles. The molecular formula is C12H12F2N2O2. The van der Waals surface area contributed by atoms with Crippen LogP contribution in [0, 0.1) is 11.6 Å². The predicted molar refractivity (Wildman–Crippen MR) is 61.2 cm³/mol. The minimum Gasteiger partial charge on any atom is -0.480 e. The maximum atomic E-state index is 13.2. The van der Waals surface area contributed by atoms with Crippen LogP contribution in [0.25, 0.3) is 11.0 Å². The first kappa shape index (κ1) is 12.5. The molecule has 18 heavy (non-hydrogen) atoms. The zero-order valence-electron chi connectivity index (χ0n) is 9.73. The van der Waals surface area contributed by atoms with Crippen molar-refractivity contribution in [1.82, 2.24) is 9.55 Å². The number of carbonyl (C=O) groups is 1. The highest BCUT2D eigenvalue weighted by Crippen LogP contribution is 2.23. The van der Waals surface area contributed by atoms with E-state index in [4.69, 9.17) is 5.11 Å². The standard InChI is InChI=1S/C12H12F2N2O2/c1-2-3-10(12(17)18)16-6-15-9-4-7(13)8(14)5-11(9)16/h4-6,10H,2-3H2,1H3,(H,17,18). The molecule has 0 aliphatic rings. The van der Waals surface area contributed by atoms with Gasteiger partial charge in [-0.05, 0) is 6.42 Å². The number of aromatic nitrogens is 2. The molecule has 1 aromatic carbocycles. The van der Waals surface area contributed by atoms with E-state index in [2.05, 4.69) is 4.98 Å². The molecule has 96 valence electrons. The van der Waals surface area contributed by atoms with E-state index in [-0.39, 0.29) is 11.0 Å². The Morgan fingerprint density at radius 2 is 2.11 bits per heavy atom. The Balaban J connectivity index is 2.56. The van der Waals surface area contributed by atoms with E-state index in [0.29, 0.717) is 12.8 Å². The summed E-state index contributed by atoms with van der Waals surface area (Å²) in [6, 6.07) is 1.12. The Bertz CT molecular complexity index is 595. The molecular weight excluding hydrogens is 242 g/mol. The first-order valence-corrected chi connectivity index (χ1v) is 5.59. The van der Waals surface area contributed by atoms with Gasteiger partial charge in [0.25, 0.3) is 0 Å². The van der Waals surface area contributed by atoms with Crippen molar-refractivity contribution in [2.75, 3.05) is 0 Å². The van der Waals surface area contributed by atoms with Crippen molar-refractivity contribution in [2.24, 2.45) is 0 Å². The number of halogens is 2. The van der Waals surface area contributed by atoms with Gasteiger partial charge in [0.1, 0.15) is 6.04 Å². The lowest BCUT2D eigenvalue weighted by atomic mass is 10.1. The number of nitrogens with zero attached hydrogens (tertiary/aromatic N) is 2. The van der Waals surface area contributed by atoms with Gasteiger partial charge in [0.2, 0.25) is 0 Å². The summed E-state index contributed by atoms with van der Waals surface area (Å²) in [6.45, 7) is 1.86. The maximum Gasteiger partial charge on any atom is 0.326 e. The van der Waals surface area contributed by atoms with Crippen molar-refractivity contribution < 1.29 is 18.7 Å². The minimum atomic E-state index is -1.01. The van der Waals surface area contributed by atoms with Crippen LogP contribution in [0.5, 0.6) is 0 Å². The molecule has 0 aliphatic carbocycles. The van der Waals surface area contributed by atoms with Gasteiger partial charge in [-0.15, -0.1) is 0 Å². The van der Waals surface area contributed by atoms with Gasteiger partial charge in [-0.2, -0.15) is 0 Å². The van der Waals surface area contributed by atoms with E-state index in [1.807, 2.05) is 6.92 Å². The molecule has 0 amide bonds. The second-order valence-corrected chi connectivity index (χ2v) is 4.05. The van der Waals surface area contributed by atoms with Crippen LogP contribution in [-0.2, 0) is 4.79 Å². The summed E-state index contributed by atoms with van der Waals surface area (Å²) in [5, 5.41) is 9.14. The molecule has 1 aromatic heterocycles. The van der Waals surface area contributed by atoms with Crippen LogP contribution < -0.4 is 0 Å².